The molecule has 2 aromatic carbocycles. The number of halogens is 2. The molecule has 3 fully saturated rings. The van der Waals surface area contributed by atoms with E-state index in [1.807, 2.05) is 0 Å². The molecule has 2 aromatic rings. The van der Waals surface area contributed by atoms with Crippen molar-refractivity contribution in [2.24, 2.45) is 35.5 Å². The molecule has 156 valence electrons. The van der Waals surface area contributed by atoms with Gasteiger partial charge in [0.1, 0.15) is 0 Å². The van der Waals surface area contributed by atoms with Crippen molar-refractivity contribution in [2.45, 2.75) is 6.42 Å². The van der Waals surface area contributed by atoms with Gasteiger partial charge in [-0.05, 0) is 66.5 Å². The second-order valence-corrected chi connectivity index (χ2v) is 9.55. The molecule has 3 amide bonds. The van der Waals surface area contributed by atoms with Gasteiger partial charge in [-0.3, -0.25) is 19.3 Å². The number of imide groups is 1. The van der Waals surface area contributed by atoms with E-state index in [-0.39, 0.29) is 46.4 Å². The van der Waals surface area contributed by atoms with Crippen molar-refractivity contribution in [2.75, 3.05) is 10.2 Å². The highest BCUT2D eigenvalue weighted by atomic mass is 35.5. The van der Waals surface area contributed by atoms with Gasteiger partial charge >= 0.3 is 0 Å². The molecule has 2 saturated carbocycles. The number of nitrogens with one attached hydrogen (secondary N) is 1. The van der Waals surface area contributed by atoms with Crippen molar-refractivity contribution in [1.82, 2.24) is 0 Å². The summed E-state index contributed by atoms with van der Waals surface area (Å²) in [5.74, 6) is 0.465. The Labute approximate surface area is 189 Å². The molecule has 4 aliphatic carbocycles. The highest BCUT2D eigenvalue weighted by Gasteiger charge is 2.67. The second kappa shape index (κ2) is 6.68. The molecule has 0 unspecified atom stereocenters. The minimum Gasteiger partial charge on any atom is -0.321 e. The molecular weight excluding hydrogens is 435 g/mol. The van der Waals surface area contributed by atoms with E-state index in [1.165, 1.54) is 4.90 Å². The topological polar surface area (TPSA) is 66.5 Å². The van der Waals surface area contributed by atoms with Crippen LogP contribution in [0.4, 0.5) is 11.4 Å². The molecule has 7 heteroatoms. The quantitative estimate of drug-likeness (QED) is 0.536. The maximum absolute atomic E-state index is 13.2. The first-order chi connectivity index (χ1) is 15.0. The van der Waals surface area contributed by atoms with Crippen LogP contribution >= 0.6 is 23.2 Å². The molecule has 1 heterocycles. The van der Waals surface area contributed by atoms with Crippen molar-refractivity contribution in [3.63, 3.8) is 0 Å². The summed E-state index contributed by atoms with van der Waals surface area (Å²) in [5.41, 5.74) is 1.31. The number of amides is 3. The number of carbonyl (C=O) groups is 3. The third-order valence-electron chi connectivity index (χ3n) is 7.25. The zero-order chi connectivity index (χ0) is 21.4. The molecule has 2 bridgehead atoms. The van der Waals surface area contributed by atoms with Gasteiger partial charge in [0, 0.05) is 5.56 Å². The number of nitrogens with zero attached hydrogens (tertiary/aromatic N) is 1. The van der Waals surface area contributed by atoms with Crippen LogP contribution in [0.5, 0.6) is 0 Å². The highest BCUT2D eigenvalue weighted by molar-refractivity contribution is 6.44. The molecule has 1 saturated heterocycles. The van der Waals surface area contributed by atoms with Crippen LogP contribution in [0.25, 0.3) is 0 Å². The SMILES string of the molecule is O=C(Nc1cccc(Cl)c1Cl)c1ccc(N2C(=O)[C@@H]3[C@H]4C=C[C@@H]([C@@H]5C[C@H]45)[C@H]3C2=O)cc1. The number of hydrogen-bond donors (Lipinski definition) is 1. The van der Waals surface area contributed by atoms with E-state index in [0.29, 0.717) is 33.8 Å². The lowest BCUT2D eigenvalue weighted by atomic mass is 9.63. The van der Waals surface area contributed by atoms with Gasteiger partial charge in [-0.1, -0.05) is 41.4 Å². The van der Waals surface area contributed by atoms with Crippen LogP contribution in [0, 0.1) is 35.5 Å². The predicted molar refractivity (Wildman–Crippen MR) is 118 cm³/mol. The third-order valence-corrected chi connectivity index (χ3v) is 8.07. The number of anilines is 2. The lowest BCUT2D eigenvalue weighted by Crippen LogP contribution is -2.40. The van der Waals surface area contributed by atoms with E-state index in [4.69, 9.17) is 23.2 Å². The largest absolute Gasteiger partial charge is 0.321 e. The minimum absolute atomic E-state index is 0.109. The summed E-state index contributed by atoms with van der Waals surface area (Å²) < 4.78 is 0. The predicted octanol–water partition coefficient (Wildman–Crippen LogP) is 4.80. The van der Waals surface area contributed by atoms with E-state index in [9.17, 15) is 14.4 Å². The summed E-state index contributed by atoms with van der Waals surface area (Å²) in [6, 6.07) is 11.5. The van der Waals surface area contributed by atoms with Crippen LogP contribution in [0.1, 0.15) is 16.8 Å². The van der Waals surface area contributed by atoms with Gasteiger partial charge in [-0.15, -0.1) is 0 Å². The fourth-order valence-corrected chi connectivity index (χ4v) is 6.12. The fourth-order valence-electron chi connectivity index (χ4n) is 5.77. The summed E-state index contributed by atoms with van der Waals surface area (Å²) >= 11 is 12.1. The van der Waals surface area contributed by atoms with Crippen molar-refractivity contribution >= 4 is 52.3 Å². The Hall–Kier alpha value is -2.63. The maximum atomic E-state index is 13.2. The van der Waals surface area contributed by atoms with Crippen LogP contribution < -0.4 is 10.2 Å². The van der Waals surface area contributed by atoms with Gasteiger partial charge in [0.15, 0.2) is 0 Å². The first-order valence-electron chi connectivity index (χ1n) is 10.4. The Bertz CT molecular complexity index is 1140. The smallest absolute Gasteiger partial charge is 0.255 e. The Morgan fingerprint density at radius 2 is 1.52 bits per heavy atom. The number of benzene rings is 2. The second-order valence-electron chi connectivity index (χ2n) is 8.77. The van der Waals surface area contributed by atoms with Crippen molar-refractivity contribution in [3.05, 3.63) is 70.2 Å². The molecule has 0 spiro atoms. The number of carbonyl (C=O) groups excluding carboxylic acids is 3. The van der Waals surface area contributed by atoms with Crippen molar-refractivity contribution < 1.29 is 14.4 Å². The summed E-state index contributed by atoms with van der Waals surface area (Å²) in [6.07, 6.45) is 5.45. The molecule has 1 N–H and O–H groups in total. The zero-order valence-corrected chi connectivity index (χ0v) is 17.8. The van der Waals surface area contributed by atoms with E-state index < -0.39 is 0 Å². The Morgan fingerprint density at radius 3 is 2.13 bits per heavy atom. The number of allylic oxidation sites excluding steroid dienone is 2. The monoisotopic (exact) mass is 452 g/mol. The van der Waals surface area contributed by atoms with Gasteiger partial charge in [0.2, 0.25) is 11.8 Å². The zero-order valence-electron chi connectivity index (χ0n) is 16.3. The first-order valence-corrected chi connectivity index (χ1v) is 11.1. The Morgan fingerprint density at radius 1 is 0.903 bits per heavy atom. The molecule has 31 heavy (non-hydrogen) atoms. The average molecular weight is 453 g/mol. The van der Waals surface area contributed by atoms with Gasteiger partial charge in [0.25, 0.3) is 5.91 Å². The van der Waals surface area contributed by atoms with Crippen LogP contribution in [-0.4, -0.2) is 17.7 Å². The lowest BCUT2D eigenvalue weighted by Gasteiger charge is -2.37. The molecule has 0 aromatic heterocycles. The summed E-state index contributed by atoms with van der Waals surface area (Å²) in [7, 11) is 0. The number of rotatable bonds is 3. The van der Waals surface area contributed by atoms with Gasteiger partial charge in [-0.25, -0.2) is 0 Å². The normalized spacial score (nSPS) is 32.1. The van der Waals surface area contributed by atoms with Crippen LogP contribution in [0.15, 0.2) is 54.6 Å². The maximum Gasteiger partial charge on any atom is 0.255 e. The molecular formula is C24H18Cl2N2O3. The van der Waals surface area contributed by atoms with Crippen LogP contribution in [0.3, 0.4) is 0 Å². The van der Waals surface area contributed by atoms with E-state index in [1.54, 1.807) is 42.5 Å². The van der Waals surface area contributed by atoms with Crippen molar-refractivity contribution in [1.29, 1.82) is 0 Å². The standard InChI is InChI=1S/C24H18Cl2N2O3/c25-17-2-1-3-18(21(17)26)27-22(29)11-4-6-12(7-5-11)28-23(30)19-13-8-9-14(16-10-15(13)16)20(19)24(28)31/h1-9,13-16,19-20H,10H2,(H,27,29)/t13-,14-,15-,16+,19+,20+/m0/s1. The van der Waals surface area contributed by atoms with Gasteiger partial charge < -0.3 is 5.32 Å². The lowest BCUT2D eigenvalue weighted by molar-refractivity contribution is -0.124. The van der Waals surface area contributed by atoms with Crippen molar-refractivity contribution in [3.8, 4) is 0 Å². The Balaban J connectivity index is 1.24. The first kappa shape index (κ1) is 19.1. The average Bonchev–Trinajstić information content (AvgIpc) is 3.55. The molecule has 7 rings (SSSR count). The summed E-state index contributed by atoms with van der Waals surface area (Å²) in [5, 5.41) is 3.35. The molecule has 0 radical (unpaired) electrons. The van der Waals surface area contributed by atoms with Gasteiger partial charge in [0.05, 0.1) is 33.3 Å². The number of hydrogen-bond acceptors (Lipinski definition) is 3. The third kappa shape index (κ3) is 2.73. The highest BCUT2D eigenvalue weighted by Crippen LogP contribution is 2.65. The van der Waals surface area contributed by atoms with E-state index >= 15 is 0 Å². The molecule has 5 aliphatic rings. The van der Waals surface area contributed by atoms with Crippen LogP contribution in [0.2, 0.25) is 10.0 Å². The van der Waals surface area contributed by atoms with Gasteiger partial charge in [-0.2, -0.15) is 0 Å². The molecule has 6 atom stereocenters. The minimum atomic E-state index is -0.356. The van der Waals surface area contributed by atoms with E-state index in [2.05, 4.69) is 17.5 Å². The summed E-state index contributed by atoms with van der Waals surface area (Å²) in [6.45, 7) is 0. The van der Waals surface area contributed by atoms with E-state index in [0.717, 1.165) is 6.42 Å². The Kier molecular flexibility index (Phi) is 4.11. The summed E-state index contributed by atoms with van der Waals surface area (Å²) in [4.78, 5) is 40.3. The molecule has 1 aliphatic heterocycles. The molecule has 5 nitrogen and oxygen atoms in total. The fraction of sp³-hybridized carbons (Fsp3) is 0.292. The van der Waals surface area contributed by atoms with Crippen LogP contribution in [-0.2, 0) is 9.59 Å².